The van der Waals surface area contributed by atoms with Gasteiger partial charge < -0.3 is 14.2 Å². The third-order valence-corrected chi connectivity index (χ3v) is 7.68. The third-order valence-electron chi connectivity index (χ3n) is 7.68. The lowest BCUT2D eigenvalue weighted by atomic mass is 9.58. The van der Waals surface area contributed by atoms with Crippen molar-refractivity contribution in [2.24, 2.45) is 58.7 Å². The summed E-state index contributed by atoms with van der Waals surface area (Å²) in [5.41, 5.74) is 0.0331. The van der Waals surface area contributed by atoms with Gasteiger partial charge in [0.15, 0.2) is 0 Å². The maximum absolute atomic E-state index is 12.4. The first kappa shape index (κ1) is 13.8. The van der Waals surface area contributed by atoms with E-state index >= 15 is 0 Å². The molecule has 0 amide bonds. The molecule has 124 valence electrons. The molecule has 0 N–H and O–H groups in total. The first-order valence-electron chi connectivity index (χ1n) is 8.29. The monoisotopic (exact) mass is 320 g/mol. The maximum atomic E-state index is 12.4. The van der Waals surface area contributed by atoms with Crippen LogP contribution in [0, 0.1) is 58.7 Å². The minimum absolute atomic E-state index is 0.0331. The molecular weight excluding hydrogens is 300 g/mol. The Kier molecular flexibility index (Phi) is 2.34. The molecule has 0 heterocycles. The summed E-state index contributed by atoms with van der Waals surface area (Å²) < 4.78 is 15.4. The molecule has 6 heteroatoms. The van der Waals surface area contributed by atoms with Gasteiger partial charge in [-0.3, -0.25) is 14.4 Å². The molecule has 6 aliphatic rings. The largest absolute Gasteiger partial charge is 0.469 e. The Bertz CT molecular complexity index is 599. The summed E-state index contributed by atoms with van der Waals surface area (Å²) >= 11 is 0. The van der Waals surface area contributed by atoms with Gasteiger partial charge in [-0.1, -0.05) is 0 Å². The van der Waals surface area contributed by atoms with Crippen molar-refractivity contribution in [2.75, 3.05) is 20.8 Å². The van der Waals surface area contributed by atoms with Crippen LogP contribution in [0.2, 0.25) is 0 Å². The van der Waals surface area contributed by atoms with Gasteiger partial charge in [0.1, 0.15) is 0 Å². The van der Waals surface area contributed by atoms with E-state index in [0.29, 0.717) is 36.2 Å². The smallest absolute Gasteiger partial charge is 0.309 e. The Morgan fingerprint density at radius 1 is 0.826 bits per heavy atom. The number of methoxy groups -OCH3 is 2. The number of carbonyl (C=O) groups excluding carboxylic acids is 3. The van der Waals surface area contributed by atoms with Crippen LogP contribution in [-0.2, 0) is 28.6 Å². The topological polar surface area (TPSA) is 78.9 Å². The van der Waals surface area contributed by atoms with Crippen LogP contribution in [0.5, 0.6) is 0 Å². The summed E-state index contributed by atoms with van der Waals surface area (Å²) in [6, 6.07) is 0. The lowest BCUT2D eigenvalue weighted by molar-refractivity contribution is -0.171. The second kappa shape index (κ2) is 3.90. The van der Waals surface area contributed by atoms with Gasteiger partial charge in [0.2, 0.25) is 0 Å². The normalized spacial score (nSPS) is 55.2. The fraction of sp³-hybridized carbons (Fsp3) is 0.824. The molecule has 0 saturated heterocycles. The van der Waals surface area contributed by atoms with Crippen molar-refractivity contribution in [3.8, 4) is 0 Å². The third kappa shape index (κ3) is 1.25. The highest BCUT2D eigenvalue weighted by molar-refractivity contribution is 5.85. The molecule has 0 radical (unpaired) electrons. The van der Waals surface area contributed by atoms with Crippen molar-refractivity contribution in [1.29, 1.82) is 0 Å². The summed E-state index contributed by atoms with van der Waals surface area (Å²) in [7, 11) is 2.77. The molecule has 6 saturated carbocycles. The van der Waals surface area contributed by atoms with Crippen molar-refractivity contribution in [3.05, 3.63) is 0 Å². The molecule has 6 nitrogen and oxygen atoms in total. The van der Waals surface area contributed by atoms with Gasteiger partial charge in [-0.15, -0.1) is 0 Å². The molecule has 6 fully saturated rings. The molecule has 6 aliphatic carbocycles. The summed E-state index contributed by atoms with van der Waals surface area (Å²) in [6.45, 7) is 1.88. The number of esters is 3. The Labute approximate surface area is 133 Å². The van der Waals surface area contributed by atoms with E-state index in [9.17, 15) is 14.4 Å². The Morgan fingerprint density at radius 3 is 1.70 bits per heavy atom. The van der Waals surface area contributed by atoms with Gasteiger partial charge in [0, 0.05) is 12.3 Å². The summed E-state index contributed by atoms with van der Waals surface area (Å²) in [4.78, 5) is 36.0. The summed E-state index contributed by atoms with van der Waals surface area (Å²) in [6.07, 6.45) is 0. The highest BCUT2D eigenvalue weighted by Gasteiger charge is 2.98. The Hall–Kier alpha value is -1.59. The molecule has 2 bridgehead atoms. The van der Waals surface area contributed by atoms with E-state index < -0.39 is 0 Å². The van der Waals surface area contributed by atoms with Crippen LogP contribution in [0.4, 0.5) is 0 Å². The van der Waals surface area contributed by atoms with Crippen LogP contribution in [0.25, 0.3) is 0 Å². The van der Waals surface area contributed by atoms with Crippen molar-refractivity contribution < 1.29 is 28.6 Å². The predicted molar refractivity (Wildman–Crippen MR) is 74.5 cm³/mol. The zero-order valence-electron chi connectivity index (χ0n) is 13.4. The highest BCUT2D eigenvalue weighted by Crippen LogP contribution is 2.98. The van der Waals surface area contributed by atoms with Crippen molar-refractivity contribution in [2.45, 2.75) is 6.92 Å². The van der Waals surface area contributed by atoms with Crippen LogP contribution in [0.15, 0.2) is 0 Å². The molecular formula is C17H20O6. The second-order valence-corrected chi connectivity index (χ2v) is 7.88. The standard InChI is InChI=1S/C17H20O6/c1-5(18)23-4-17-12-6-7(12)9-11(16(20)22-3)10(15(19)21-2)8(6)13(17)14(9)17/h6-14H,4H2,1-3H3/t6-,7+,8-,9-,10+,11-,12?,13-,14-,17?/m1/s1. The average Bonchev–Trinajstić information content (AvgIpc) is 3.39. The van der Waals surface area contributed by atoms with Gasteiger partial charge in [-0.05, 0) is 41.4 Å². The molecule has 0 aromatic heterocycles. The number of rotatable bonds is 4. The highest BCUT2D eigenvalue weighted by atomic mass is 16.5. The van der Waals surface area contributed by atoms with Crippen LogP contribution in [0.1, 0.15) is 6.92 Å². The van der Waals surface area contributed by atoms with Gasteiger partial charge in [-0.2, -0.15) is 0 Å². The van der Waals surface area contributed by atoms with E-state index in [2.05, 4.69) is 0 Å². The van der Waals surface area contributed by atoms with Gasteiger partial charge in [0.05, 0.1) is 32.7 Å². The fourth-order valence-corrected chi connectivity index (χ4v) is 7.51. The molecule has 0 aromatic carbocycles. The Balaban J connectivity index is 1.52. The average molecular weight is 320 g/mol. The SMILES string of the molecule is COC(=O)[C@@H]1[C@H](C(=O)OC)[C@H]2[C@H]3C4[C@H]3[C@H]1[C@@H]1[C@@H]2C41COC(C)=O. The molecule has 0 aliphatic heterocycles. The van der Waals surface area contributed by atoms with Crippen molar-refractivity contribution >= 4 is 17.9 Å². The van der Waals surface area contributed by atoms with Gasteiger partial charge in [0.25, 0.3) is 0 Å². The first-order chi connectivity index (χ1) is 11.0. The predicted octanol–water partition coefficient (Wildman–Crippen LogP) is 0.496. The van der Waals surface area contributed by atoms with Crippen LogP contribution in [-0.4, -0.2) is 38.7 Å². The van der Waals surface area contributed by atoms with Gasteiger partial charge in [-0.25, -0.2) is 0 Å². The van der Waals surface area contributed by atoms with E-state index in [-0.39, 0.29) is 47.0 Å². The first-order valence-corrected chi connectivity index (χ1v) is 8.29. The lowest BCUT2D eigenvalue weighted by Crippen LogP contribution is -2.51. The number of hydrogen-bond acceptors (Lipinski definition) is 6. The zero-order chi connectivity index (χ0) is 16.3. The summed E-state index contributed by atoms with van der Waals surface area (Å²) in [5, 5.41) is 0. The minimum Gasteiger partial charge on any atom is -0.469 e. The maximum Gasteiger partial charge on any atom is 0.309 e. The minimum atomic E-state index is -0.383. The van der Waals surface area contributed by atoms with Crippen molar-refractivity contribution in [3.63, 3.8) is 0 Å². The summed E-state index contributed by atoms with van der Waals surface area (Å²) in [5.74, 6) is 1.18. The van der Waals surface area contributed by atoms with E-state index in [1.807, 2.05) is 0 Å². The van der Waals surface area contributed by atoms with E-state index in [0.717, 1.165) is 0 Å². The molecule has 23 heavy (non-hydrogen) atoms. The molecule has 0 aromatic rings. The number of hydrogen-bond donors (Lipinski definition) is 0. The Morgan fingerprint density at radius 2 is 1.30 bits per heavy atom. The van der Waals surface area contributed by atoms with E-state index in [1.165, 1.54) is 21.1 Å². The number of fused-ring (bicyclic) bond motifs is 1. The molecule has 2 unspecified atom stereocenters. The zero-order valence-corrected chi connectivity index (χ0v) is 13.4. The lowest BCUT2D eigenvalue weighted by Gasteiger charge is -2.44. The van der Waals surface area contributed by atoms with Crippen LogP contribution >= 0.6 is 0 Å². The number of ether oxygens (including phenoxy) is 3. The van der Waals surface area contributed by atoms with Crippen LogP contribution < -0.4 is 0 Å². The van der Waals surface area contributed by atoms with Crippen LogP contribution in [0.3, 0.4) is 0 Å². The van der Waals surface area contributed by atoms with E-state index in [1.54, 1.807) is 0 Å². The van der Waals surface area contributed by atoms with E-state index in [4.69, 9.17) is 14.2 Å². The molecule has 0 spiro atoms. The number of carbonyl (C=O) groups is 3. The van der Waals surface area contributed by atoms with Crippen molar-refractivity contribution in [1.82, 2.24) is 0 Å². The molecule has 6 rings (SSSR count). The quantitative estimate of drug-likeness (QED) is 0.554. The molecule has 10 atom stereocenters. The fourth-order valence-electron chi connectivity index (χ4n) is 7.51. The van der Waals surface area contributed by atoms with Gasteiger partial charge >= 0.3 is 17.9 Å². The second-order valence-electron chi connectivity index (χ2n) is 7.88.